The summed E-state index contributed by atoms with van der Waals surface area (Å²) >= 11 is 1.92. The van der Waals surface area contributed by atoms with Crippen LogP contribution in [0.5, 0.6) is 0 Å². The Hall–Kier alpha value is -1.36. The zero-order chi connectivity index (χ0) is 14.6. The first-order valence-corrected chi connectivity index (χ1v) is 8.29. The van der Waals surface area contributed by atoms with E-state index in [4.69, 9.17) is 5.73 Å². The molecule has 1 fully saturated rings. The Morgan fingerprint density at radius 1 is 1.45 bits per heavy atom. The van der Waals surface area contributed by atoms with Crippen molar-refractivity contribution in [3.05, 3.63) is 23.8 Å². The maximum absolute atomic E-state index is 11.8. The third kappa shape index (κ3) is 3.20. The SMILES string of the molecule is CCNC(=O)c1ccc(N)c(NCC2(SC)CCC2)c1. The quantitative estimate of drug-likeness (QED) is 0.706. The van der Waals surface area contributed by atoms with Crippen molar-refractivity contribution in [1.82, 2.24) is 5.32 Å². The summed E-state index contributed by atoms with van der Waals surface area (Å²) in [7, 11) is 0. The molecule has 2 rings (SSSR count). The van der Waals surface area contributed by atoms with Gasteiger partial charge < -0.3 is 16.4 Å². The van der Waals surface area contributed by atoms with Crippen LogP contribution in [0, 0.1) is 0 Å². The zero-order valence-electron chi connectivity index (χ0n) is 12.2. The number of nitrogens with one attached hydrogen (secondary N) is 2. The minimum Gasteiger partial charge on any atom is -0.397 e. The van der Waals surface area contributed by atoms with Gasteiger partial charge >= 0.3 is 0 Å². The first kappa shape index (κ1) is 15.0. The summed E-state index contributed by atoms with van der Waals surface area (Å²) in [6, 6.07) is 5.39. The highest BCUT2D eigenvalue weighted by molar-refractivity contribution is 8.00. The lowest BCUT2D eigenvalue weighted by atomic mass is 9.84. The van der Waals surface area contributed by atoms with Crippen molar-refractivity contribution in [3.63, 3.8) is 0 Å². The molecule has 0 saturated heterocycles. The molecule has 1 aliphatic carbocycles. The van der Waals surface area contributed by atoms with Crippen molar-refractivity contribution in [2.24, 2.45) is 0 Å². The molecule has 0 heterocycles. The van der Waals surface area contributed by atoms with Crippen LogP contribution < -0.4 is 16.4 Å². The normalized spacial score (nSPS) is 16.3. The average molecular weight is 293 g/mol. The van der Waals surface area contributed by atoms with Crippen LogP contribution in [0.1, 0.15) is 36.5 Å². The van der Waals surface area contributed by atoms with Crippen molar-refractivity contribution < 1.29 is 4.79 Å². The maximum Gasteiger partial charge on any atom is 0.251 e. The summed E-state index contributed by atoms with van der Waals surface area (Å²) in [5, 5.41) is 6.22. The molecule has 4 nitrogen and oxygen atoms in total. The Kier molecular flexibility index (Phi) is 4.81. The molecule has 1 saturated carbocycles. The molecule has 1 aromatic carbocycles. The molecule has 1 aromatic rings. The number of benzene rings is 1. The monoisotopic (exact) mass is 293 g/mol. The summed E-state index contributed by atoms with van der Waals surface area (Å²) < 4.78 is 0.341. The second-order valence-corrected chi connectivity index (χ2v) is 6.53. The van der Waals surface area contributed by atoms with E-state index in [1.165, 1.54) is 19.3 Å². The average Bonchev–Trinajstić information content (AvgIpc) is 2.40. The Balaban J connectivity index is 2.06. The third-order valence-corrected chi connectivity index (χ3v) is 5.37. The Morgan fingerprint density at radius 3 is 2.75 bits per heavy atom. The van der Waals surface area contributed by atoms with E-state index in [9.17, 15) is 4.79 Å². The summed E-state index contributed by atoms with van der Waals surface area (Å²) in [5.74, 6) is -0.0567. The molecule has 20 heavy (non-hydrogen) atoms. The number of hydrogen-bond donors (Lipinski definition) is 3. The molecule has 5 heteroatoms. The summed E-state index contributed by atoms with van der Waals surface area (Å²) in [6.45, 7) is 3.44. The standard InChI is InChI=1S/C15H23N3OS/c1-3-17-14(19)11-5-6-12(16)13(9-11)18-10-15(20-2)7-4-8-15/h5-6,9,18H,3-4,7-8,10,16H2,1-2H3,(H,17,19). The second kappa shape index (κ2) is 6.39. The smallest absolute Gasteiger partial charge is 0.251 e. The van der Waals surface area contributed by atoms with E-state index in [1.54, 1.807) is 12.1 Å². The Labute approximate surface area is 124 Å². The number of amides is 1. The Morgan fingerprint density at radius 2 is 2.20 bits per heavy atom. The lowest BCUT2D eigenvalue weighted by Crippen LogP contribution is -2.40. The van der Waals surface area contributed by atoms with Gasteiger partial charge in [0, 0.05) is 23.4 Å². The van der Waals surface area contributed by atoms with Gasteiger partial charge in [-0.15, -0.1) is 0 Å². The summed E-state index contributed by atoms with van der Waals surface area (Å²) in [4.78, 5) is 11.8. The van der Waals surface area contributed by atoms with Crippen LogP contribution in [0.15, 0.2) is 18.2 Å². The molecule has 0 aromatic heterocycles. The van der Waals surface area contributed by atoms with Crippen LogP contribution in [-0.4, -0.2) is 30.0 Å². The minimum absolute atomic E-state index is 0.0567. The minimum atomic E-state index is -0.0567. The number of thioether (sulfide) groups is 1. The number of rotatable bonds is 6. The van der Waals surface area contributed by atoms with Crippen LogP contribution in [0.2, 0.25) is 0 Å². The van der Waals surface area contributed by atoms with E-state index in [0.29, 0.717) is 22.5 Å². The van der Waals surface area contributed by atoms with Gasteiger partial charge in [0.05, 0.1) is 11.4 Å². The van der Waals surface area contributed by atoms with Crippen molar-refractivity contribution in [2.45, 2.75) is 30.9 Å². The molecule has 0 spiro atoms. The summed E-state index contributed by atoms with van der Waals surface area (Å²) in [5.41, 5.74) is 8.19. The van der Waals surface area contributed by atoms with Gasteiger partial charge in [-0.1, -0.05) is 6.42 Å². The number of hydrogen-bond acceptors (Lipinski definition) is 4. The van der Waals surface area contributed by atoms with Gasteiger partial charge in [0.25, 0.3) is 5.91 Å². The highest BCUT2D eigenvalue weighted by atomic mass is 32.2. The molecular formula is C15H23N3OS. The van der Waals surface area contributed by atoms with Crippen LogP contribution in [-0.2, 0) is 0 Å². The van der Waals surface area contributed by atoms with Crippen LogP contribution in [0.4, 0.5) is 11.4 Å². The van der Waals surface area contributed by atoms with Gasteiger partial charge in [-0.2, -0.15) is 11.8 Å². The molecule has 0 bridgehead atoms. The predicted molar refractivity (Wildman–Crippen MR) is 87.4 cm³/mol. The van der Waals surface area contributed by atoms with E-state index in [2.05, 4.69) is 16.9 Å². The fourth-order valence-electron chi connectivity index (χ4n) is 2.39. The van der Waals surface area contributed by atoms with Gasteiger partial charge in [0.15, 0.2) is 0 Å². The van der Waals surface area contributed by atoms with Crippen molar-refractivity contribution in [3.8, 4) is 0 Å². The molecule has 0 aliphatic heterocycles. The number of carbonyl (C=O) groups is 1. The molecule has 4 N–H and O–H groups in total. The molecule has 1 amide bonds. The van der Waals surface area contributed by atoms with Crippen molar-refractivity contribution in [2.75, 3.05) is 30.4 Å². The molecular weight excluding hydrogens is 270 g/mol. The Bertz CT molecular complexity index is 480. The van der Waals surface area contributed by atoms with E-state index >= 15 is 0 Å². The van der Waals surface area contributed by atoms with Gasteiger partial charge in [-0.3, -0.25) is 4.79 Å². The van der Waals surface area contributed by atoms with Crippen molar-refractivity contribution >= 4 is 29.0 Å². The lowest BCUT2D eigenvalue weighted by molar-refractivity contribution is 0.0956. The number of carbonyl (C=O) groups excluding carboxylic acids is 1. The molecule has 0 atom stereocenters. The predicted octanol–water partition coefficient (Wildman–Crippen LogP) is 2.72. The number of nitrogens with two attached hydrogens (primary N) is 1. The number of anilines is 2. The van der Waals surface area contributed by atoms with E-state index in [1.807, 2.05) is 24.8 Å². The van der Waals surface area contributed by atoms with Crippen molar-refractivity contribution in [1.29, 1.82) is 0 Å². The van der Waals surface area contributed by atoms with Gasteiger partial charge in [-0.25, -0.2) is 0 Å². The highest BCUT2D eigenvalue weighted by Crippen LogP contribution is 2.43. The van der Waals surface area contributed by atoms with Crippen LogP contribution in [0.25, 0.3) is 0 Å². The molecule has 1 aliphatic rings. The molecule has 0 radical (unpaired) electrons. The molecule has 110 valence electrons. The topological polar surface area (TPSA) is 67.2 Å². The third-order valence-electron chi connectivity index (χ3n) is 3.95. The van der Waals surface area contributed by atoms with Crippen LogP contribution >= 0.6 is 11.8 Å². The van der Waals surface area contributed by atoms with Gasteiger partial charge in [-0.05, 0) is 44.2 Å². The fourth-order valence-corrected chi connectivity index (χ4v) is 3.31. The summed E-state index contributed by atoms with van der Waals surface area (Å²) in [6.07, 6.45) is 5.96. The first-order chi connectivity index (χ1) is 9.60. The van der Waals surface area contributed by atoms with E-state index < -0.39 is 0 Å². The zero-order valence-corrected chi connectivity index (χ0v) is 13.0. The van der Waals surface area contributed by atoms with Gasteiger partial charge in [0.2, 0.25) is 0 Å². The first-order valence-electron chi connectivity index (χ1n) is 7.07. The number of nitrogen functional groups attached to an aromatic ring is 1. The van der Waals surface area contributed by atoms with Crippen LogP contribution in [0.3, 0.4) is 0 Å². The highest BCUT2D eigenvalue weighted by Gasteiger charge is 2.35. The maximum atomic E-state index is 11.8. The fraction of sp³-hybridized carbons (Fsp3) is 0.533. The van der Waals surface area contributed by atoms with E-state index in [-0.39, 0.29) is 5.91 Å². The van der Waals surface area contributed by atoms with Gasteiger partial charge in [0.1, 0.15) is 0 Å². The lowest BCUT2D eigenvalue weighted by Gasteiger charge is -2.40. The van der Waals surface area contributed by atoms with E-state index in [0.717, 1.165) is 12.2 Å². The largest absolute Gasteiger partial charge is 0.397 e. The second-order valence-electron chi connectivity index (χ2n) is 5.26. The molecule has 0 unspecified atom stereocenters.